The number of rotatable bonds is 6. The maximum Gasteiger partial charge on any atom is 0.246 e. The SMILES string of the molecule is COc1ccc(N(C)C(=O)C2CCN(S(=O)(=O)c3cc(F)ccc3F)CC2)cc1OC. The number of sulfonamides is 1. The maximum absolute atomic E-state index is 14.0. The van der Waals surface area contributed by atoms with E-state index < -0.39 is 32.5 Å². The highest BCUT2D eigenvalue weighted by Crippen LogP contribution is 2.33. The van der Waals surface area contributed by atoms with Gasteiger partial charge < -0.3 is 14.4 Å². The Bertz CT molecular complexity index is 1070. The first kappa shape index (κ1) is 23.0. The Kier molecular flexibility index (Phi) is 6.80. The van der Waals surface area contributed by atoms with Crippen molar-refractivity contribution < 1.29 is 31.5 Å². The zero-order valence-electron chi connectivity index (χ0n) is 17.5. The maximum atomic E-state index is 14.0. The number of hydrogen-bond donors (Lipinski definition) is 0. The molecule has 1 saturated heterocycles. The van der Waals surface area contributed by atoms with Gasteiger partial charge in [-0.15, -0.1) is 0 Å². The molecule has 0 N–H and O–H groups in total. The predicted molar refractivity (Wildman–Crippen MR) is 111 cm³/mol. The van der Waals surface area contributed by atoms with Crippen LogP contribution in [0.25, 0.3) is 0 Å². The third-order valence-corrected chi connectivity index (χ3v) is 7.31. The van der Waals surface area contributed by atoms with E-state index in [1.807, 2.05) is 0 Å². The van der Waals surface area contributed by atoms with Crippen LogP contribution in [0.3, 0.4) is 0 Å². The summed E-state index contributed by atoms with van der Waals surface area (Å²) in [5.41, 5.74) is 0.611. The Morgan fingerprint density at radius 1 is 1.03 bits per heavy atom. The van der Waals surface area contributed by atoms with Gasteiger partial charge in [0, 0.05) is 37.8 Å². The van der Waals surface area contributed by atoms with Crippen molar-refractivity contribution in [3.05, 3.63) is 48.0 Å². The summed E-state index contributed by atoms with van der Waals surface area (Å²) in [6.07, 6.45) is 0.541. The van der Waals surface area contributed by atoms with Gasteiger partial charge in [0.25, 0.3) is 0 Å². The average molecular weight is 454 g/mol. The summed E-state index contributed by atoms with van der Waals surface area (Å²) in [5, 5.41) is 0. The molecular weight excluding hydrogens is 430 g/mol. The normalized spacial score (nSPS) is 15.5. The Hall–Kier alpha value is -2.72. The van der Waals surface area contributed by atoms with E-state index in [2.05, 4.69) is 0 Å². The van der Waals surface area contributed by atoms with Crippen LogP contribution < -0.4 is 14.4 Å². The van der Waals surface area contributed by atoms with Gasteiger partial charge in [-0.05, 0) is 43.2 Å². The molecule has 1 amide bonds. The molecule has 0 radical (unpaired) electrons. The number of amides is 1. The van der Waals surface area contributed by atoms with Crippen LogP contribution >= 0.6 is 0 Å². The fraction of sp³-hybridized carbons (Fsp3) is 0.381. The van der Waals surface area contributed by atoms with Crippen LogP contribution in [-0.2, 0) is 14.8 Å². The van der Waals surface area contributed by atoms with Crippen molar-refractivity contribution in [1.29, 1.82) is 0 Å². The highest BCUT2D eigenvalue weighted by atomic mass is 32.2. The predicted octanol–water partition coefficient (Wildman–Crippen LogP) is 3.05. The molecular formula is C21H24F2N2O5S. The van der Waals surface area contributed by atoms with Crippen LogP contribution in [0.4, 0.5) is 14.5 Å². The van der Waals surface area contributed by atoms with Crippen LogP contribution in [0.2, 0.25) is 0 Å². The lowest BCUT2D eigenvalue weighted by molar-refractivity contribution is -0.123. The molecule has 2 aromatic rings. The molecule has 1 fully saturated rings. The first-order chi connectivity index (χ1) is 14.7. The zero-order valence-corrected chi connectivity index (χ0v) is 18.3. The van der Waals surface area contributed by atoms with E-state index in [-0.39, 0.29) is 31.8 Å². The number of carbonyl (C=O) groups is 1. The second-order valence-corrected chi connectivity index (χ2v) is 9.10. The number of methoxy groups -OCH3 is 2. The summed E-state index contributed by atoms with van der Waals surface area (Å²) in [5.74, 6) is -1.38. The summed E-state index contributed by atoms with van der Waals surface area (Å²) in [6.45, 7) is 0.0724. The number of ether oxygens (including phenoxy) is 2. The van der Waals surface area contributed by atoms with Crippen molar-refractivity contribution in [3.8, 4) is 11.5 Å². The third-order valence-electron chi connectivity index (χ3n) is 5.40. The number of halogens is 2. The molecule has 2 aromatic carbocycles. The summed E-state index contributed by atoms with van der Waals surface area (Å²) in [6, 6.07) is 7.43. The van der Waals surface area contributed by atoms with Crippen molar-refractivity contribution >= 4 is 21.6 Å². The molecule has 0 unspecified atom stereocenters. The van der Waals surface area contributed by atoms with Gasteiger partial charge in [-0.1, -0.05) is 0 Å². The molecule has 10 heteroatoms. The third kappa shape index (κ3) is 4.64. The molecule has 0 aliphatic carbocycles. The standard InChI is InChI=1S/C21H24F2N2O5S/c1-24(16-5-7-18(29-2)19(13-16)30-3)21(26)14-8-10-25(11-9-14)31(27,28)20-12-15(22)4-6-17(20)23/h4-7,12-14H,8-11H2,1-3H3. The molecule has 1 heterocycles. The first-order valence-electron chi connectivity index (χ1n) is 9.63. The number of benzene rings is 2. The van der Waals surface area contributed by atoms with E-state index in [0.29, 0.717) is 23.3 Å². The van der Waals surface area contributed by atoms with E-state index in [4.69, 9.17) is 9.47 Å². The molecule has 1 aliphatic rings. The second kappa shape index (κ2) is 9.19. The minimum absolute atomic E-state index is 0.0362. The van der Waals surface area contributed by atoms with Gasteiger partial charge in [0.2, 0.25) is 15.9 Å². The number of piperidine rings is 1. The average Bonchev–Trinajstić information content (AvgIpc) is 2.79. The Labute approximate surface area is 180 Å². The molecule has 3 rings (SSSR count). The van der Waals surface area contributed by atoms with E-state index in [1.165, 1.54) is 19.1 Å². The Morgan fingerprint density at radius 3 is 2.29 bits per heavy atom. The summed E-state index contributed by atoms with van der Waals surface area (Å²) >= 11 is 0. The fourth-order valence-electron chi connectivity index (χ4n) is 3.59. The molecule has 0 spiro atoms. The smallest absolute Gasteiger partial charge is 0.246 e. The van der Waals surface area contributed by atoms with Crippen molar-refractivity contribution in [2.24, 2.45) is 5.92 Å². The van der Waals surface area contributed by atoms with E-state index in [0.717, 1.165) is 16.4 Å². The highest BCUT2D eigenvalue weighted by molar-refractivity contribution is 7.89. The first-order valence-corrected chi connectivity index (χ1v) is 11.1. The number of anilines is 1. The van der Waals surface area contributed by atoms with Crippen molar-refractivity contribution in [2.45, 2.75) is 17.7 Å². The fourth-order valence-corrected chi connectivity index (χ4v) is 5.14. The Balaban J connectivity index is 1.70. The van der Waals surface area contributed by atoms with Gasteiger partial charge in [-0.3, -0.25) is 4.79 Å². The number of nitrogens with zero attached hydrogens (tertiary/aromatic N) is 2. The van der Waals surface area contributed by atoms with Crippen LogP contribution in [0.5, 0.6) is 11.5 Å². The summed E-state index contributed by atoms with van der Waals surface area (Å²) in [4.78, 5) is 13.7. The van der Waals surface area contributed by atoms with Gasteiger partial charge in [0.05, 0.1) is 14.2 Å². The molecule has 7 nitrogen and oxygen atoms in total. The van der Waals surface area contributed by atoms with Crippen LogP contribution in [0.1, 0.15) is 12.8 Å². The number of carbonyl (C=O) groups excluding carboxylic acids is 1. The van der Waals surface area contributed by atoms with Crippen molar-refractivity contribution in [2.75, 3.05) is 39.3 Å². The summed E-state index contributed by atoms with van der Waals surface area (Å²) in [7, 11) is 0.462. The molecule has 0 bridgehead atoms. The van der Waals surface area contributed by atoms with Gasteiger partial charge in [-0.2, -0.15) is 4.31 Å². The van der Waals surface area contributed by atoms with Crippen molar-refractivity contribution in [3.63, 3.8) is 0 Å². The molecule has 0 atom stereocenters. The van der Waals surface area contributed by atoms with Gasteiger partial charge in [-0.25, -0.2) is 17.2 Å². The van der Waals surface area contributed by atoms with Crippen molar-refractivity contribution in [1.82, 2.24) is 4.31 Å². The lowest BCUT2D eigenvalue weighted by Crippen LogP contribution is -2.43. The monoisotopic (exact) mass is 454 g/mol. The van der Waals surface area contributed by atoms with E-state index in [9.17, 15) is 22.0 Å². The molecule has 1 aliphatic heterocycles. The molecule has 31 heavy (non-hydrogen) atoms. The topological polar surface area (TPSA) is 76.2 Å². The minimum atomic E-state index is -4.19. The molecule has 168 valence electrons. The van der Waals surface area contributed by atoms with Gasteiger partial charge in [0.15, 0.2) is 11.5 Å². The van der Waals surface area contributed by atoms with E-state index in [1.54, 1.807) is 25.2 Å². The Morgan fingerprint density at radius 2 is 1.68 bits per heavy atom. The second-order valence-electron chi connectivity index (χ2n) is 7.19. The number of hydrogen-bond acceptors (Lipinski definition) is 5. The lowest BCUT2D eigenvalue weighted by Gasteiger charge is -2.32. The van der Waals surface area contributed by atoms with Crippen LogP contribution in [-0.4, -0.2) is 53.0 Å². The largest absolute Gasteiger partial charge is 0.493 e. The molecule has 0 aromatic heterocycles. The van der Waals surface area contributed by atoms with Gasteiger partial charge in [0.1, 0.15) is 16.5 Å². The summed E-state index contributed by atoms with van der Waals surface area (Å²) < 4.78 is 64.4. The van der Waals surface area contributed by atoms with E-state index >= 15 is 0 Å². The minimum Gasteiger partial charge on any atom is -0.493 e. The van der Waals surface area contributed by atoms with Crippen LogP contribution in [0.15, 0.2) is 41.3 Å². The van der Waals surface area contributed by atoms with Gasteiger partial charge >= 0.3 is 0 Å². The molecule has 0 saturated carbocycles. The quantitative estimate of drug-likeness (QED) is 0.671. The zero-order chi connectivity index (χ0) is 22.8. The highest BCUT2D eigenvalue weighted by Gasteiger charge is 2.35. The van der Waals surface area contributed by atoms with Crippen LogP contribution in [0, 0.1) is 17.6 Å². The lowest BCUT2D eigenvalue weighted by atomic mass is 9.96.